The molecule has 0 saturated heterocycles. The van der Waals surface area contributed by atoms with Crippen molar-refractivity contribution in [1.82, 2.24) is 20.9 Å². The minimum Gasteiger partial charge on any atom is -0.353 e. The topological polar surface area (TPSA) is 131 Å². The zero-order valence-electron chi connectivity index (χ0n) is 15.6. The van der Waals surface area contributed by atoms with Crippen molar-refractivity contribution >= 4 is 11.8 Å². The Labute approximate surface area is 169 Å². The van der Waals surface area contributed by atoms with Crippen LogP contribution in [0.1, 0.15) is 40.4 Å². The fraction of sp³-hybridized carbons (Fsp3) is 0.200. The molecule has 3 heterocycles. The Morgan fingerprint density at radius 1 is 1.41 bits per heavy atom. The Hall–Kier alpha value is -3.98. The number of carbonyl (C=O) groups is 2. The van der Waals surface area contributed by atoms with Crippen molar-refractivity contribution in [3.05, 3.63) is 70.1 Å². The molecule has 1 aromatic heterocycles. The van der Waals surface area contributed by atoms with Gasteiger partial charge in [0, 0.05) is 26.4 Å². The molecule has 3 rings (SSSR count). The van der Waals surface area contributed by atoms with Crippen molar-refractivity contribution in [1.29, 1.82) is 10.5 Å². The molecule has 1 radical (unpaired) electrons. The maximum Gasteiger partial charge on any atom is 0.249 e. The van der Waals surface area contributed by atoms with Gasteiger partial charge in [0.05, 0.1) is 23.7 Å². The average Bonchev–Trinajstić information content (AvgIpc) is 2.70. The number of nitriles is 2. The molecule has 0 spiro atoms. The molecule has 0 unspecified atom stereocenters. The van der Waals surface area contributed by atoms with Crippen LogP contribution in [0.4, 0.5) is 4.39 Å². The predicted octanol–water partition coefficient (Wildman–Crippen LogP) is 2.02. The molecule has 8 nitrogen and oxygen atoms in total. The van der Waals surface area contributed by atoms with Gasteiger partial charge in [0.25, 0.3) is 0 Å². The molecule has 9 heteroatoms. The Morgan fingerprint density at radius 3 is 2.83 bits per heavy atom. The van der Waals surface area contributed by atoms with Gasteiger partial charge >= 0.3 is 0 Å². The Balaban J connectivity index is 0.00000240. The Bertz CT molecular complexity index is 1080. The van der Waals surface area contributed by atoms with Gasteiger partial charge in [-0.25, -0.2) is 4.39 Å². The van der Waals surface area contributed by atoms with Crippen molar-refractivity contribution < 1.29 is 16.8 Å². The normalized spacial score (nSPS) is 16.9. The molecule has 149 valence electrons. The molecule has 0 bridgehead atoms. The molecule has 0 fully saturated rings. The molecule has 2 amide bonds. The number of rotatable bonds is 4. The van der Waals surface area contributed by atoms with Crippen molar-refractivity contribution in [3.8, 4) is 12.1 Å². The predicted molar refractivity (Wildman–Crippen MR) is 103 cm³/mol. The van der Waals surface area contributed by atoms with E-state index in [9.17, 15) is 19.2 Å². The fourth-order valence-electron chi connectivity index (χ4n) is 3.16. The third-order valence-electron chi connectivity index (χ3n) is 4.58. The van der Waals surface area contributed by atoms with Crippen LogP contribution in [-0.4, -0.2) is 16.8 Å². The number of pyridine rings is 1. The molecule has 2 aliphatic rings. The summed E-state index contributed by atoms with van der Waals surface area (Å²) in [5, 5.41) is 26.2. The van der Waals surface area contributed by atoms with E-state index in [1.807, 2.05) is 6.07 Å². The van der Waals surface area contributed by atoms with Gasteiger partial charge in [-0.3, -0.25) is 14.6 Å². The standard InChI is InChI=1S/C20H16FN6O2.2H2/c1-10-13(20(29)27-15-3-4-24-16(8-23)18(10)15)6-17(28)26-11(2)19-14(21)5-12(7-22)9-25-19;;/h3-5,9,11,24H,6H2,1-2H3,(H,26,28)(H,27,29);2*1H/t11-;;/m1../s1. The van der Waals surface area contributed by atoms with Gasteiger partial charge in [0.1, 0.15) is 29.7 Å². The first-order chi connectivity index (χ1) is 13.8. The van der Waals surface area contributed by atoms with Gasteiger partial charge in [0.2, 0.25) is 11.8 Å². The van der Waals surface area contributed by atoms with Crippen molar-refractivity contribution in [2.24, 2.45) is 0 Å². The number of halogens is 1. The van der Waals surface area contributed by atoms with Crippen LogP contribution >= 0.6 is 0 Å². The molecular weight excluding hydrogens is 375 g/mol. The molecule has 3 N–H and O–H groups in total. The number of fused-ring (bicyclic) bond motifs is 1. The first kappa shape index (κ1) is 19.8. The third-order valence-corrected chi connectivity index (χ3v) is 4.58. The van der Waals surface area contributed by atoms with E-state index >= 15 is 0 Å². The summed E-state index contributed by atoms with van der Waals surface area (Å²) in [6.07, 6.45) is 4.15. The molecule has 0 aromatic carbocycles. The minimum absolute atomic E-state index is 0. The summed E-state index contributed by atoms with van der Waals surface area (Å²) in [6, 6.07) is 4.59. The lowest BCUT2D eigenvalue weighted by Crippen LogP contribution is -2.40. The second-order valence-corrected chi connectivity index (χ2v) is 6.48. The molecule has 1 atom stereocenters. The number of nitrogens with zero attached hydrogens (tertiary/aromatic N) is 3. The smallest absolute Gasteiger partial charge is 0.249 e. The number of dihydropyridines is 1. The number of allylic oxidation sites excluding steroid dienone is 1. The number of nitrogens with one attached hydrogen (secondary N) is 3. The Morgan fingerprint density at radius 2 is 2.17 bits per heavy atom. The number of hydrogen-bond acceptors (Lipinski definition) is 6. The summed E-state index contributed by atoms with van der Waals surface area (Å²) in [5.74, 6) is -1.64. The average molecular weight is 395 g/mol. The SMILES string of the molecule is CC1=C(CC(=O)N[C@H](C)c2ncc(C#N)cc2F)C(=O)N[C]2C=CNC(C#N)=C21.[HH].[HH]. The van der Waals surface area contributed by atoms with Crippen molar-refractivity contribution in [2.45, 2.75) is 26.3 Å². The lowest BCUT2D eigenvalue weighted by atomic mass is 9.86. The second kappa shape index (κ2) is 7.95. The summed E-state index contributed by atoms with van der Waals surface area (Å²) in [4.78, 5) is 28.8. The number of hydrogen-bond donors (Lipinski definition) is 3. The van der Waals surface area contributed by atoms with Gasteiger partial charge in [-0.15, -0.1) is 0 Å². The molecule has 29 heavy (non-hydrogen) atoms. The summed E-state index contributed by atoms with van der Waals surface area (Å²) in [6.45, 7) is 3.22. The van der Waals surface area contributed by atoms with E-state index in [2.05, 4.69) is 20.9 Å². The van der Waals surface area contributed by atoms with Crippen LogP contribution in [0.2, 0.25) is 0 Å². The van der Waals surface area contributed by atoms with E-state index in [-0.39, 0.29) is 31.8 Å². The number of carbonyl (C=O) groups excluding carboxylic acids is 2. The lowest BCUT2D eigenvalue weighted by Gasteiger charge is -2.29. The van der Waals surface area contributed by atoms with E-state index in [1.54, 1.807) is 32.2 Å². The van der Waals surface area contributed by atoms with Gasteiger partial charge in [-0.2, -0.15) is 10.5 Å². The van der Waals surface area contributed by atoms with Crippen LogP contribution in [0.5, 0.6) is 0 Å². The number of aromatic nitrogens is 1. The zero-order valence-corrected chi connectivity index (χ0v) is 15.6. The quantitative estimate of drug-likeness (QED) is 0.715. The van der Waals surface area contributed by atoms with E-state index in [0.717, 1.165) is 6.07 Å². The van der Waals surface area contributed by atoms with Gasteiger partial charge in [-0.1, -0.05) is 0 Å². The summed E-state index contributed by atoms with van der Waals surface area (Å²) in [5.41, 5.74) is 1.60. The number of amides is 2. The van der Waals surface area contributed by atoms with Crippen LogP contribution < -0.4 is 16.0 Å². The highest BCUT2D eigenvalue weighted by atomic mass is 19.1. The van der Waals surface area contributed by atoms with Crippen LogP contribution in [-0.2, 0) is 9.59 Å². The van der Waals surface area contributed by atoms with E-state index in [4.69, 9.17) is 5.26 Å². The van der Waals surface area contributed by atoms with Crippen LogP contribution in [0.15, 0.2) is 47.0 Å². The van der Waals surface area contributed by atoms with E-state index < -0.39 is 23.7 Å². The highest BCUT2D eigenvalue weighted by Crippen LogP contribution is 2.33. The lowest BCUT2D eigenvalue weighted by molar-refractivity contribution is -0.123. The Kier molecular flexibility index (Phi) is 5.42. The third kappa shape index (κ3) is 3.85. The summed E-state index contributed by atoms with van der Waals surface area (Å²) in [7, 11) is 0. The molecular formula is C20H20FN6O2. The maximum absolute atomic E-state index is 14.1. The van der Waals surface area contributed by atoms with E-state index in [1.165, 1.54) is 6.20 Å². The minimum atomic E-state index is -0.766. The molecule has 0 aliphatic carbocycles. The highest BCUT2D eigenvalue weighted by Gasteiger charge is 2.33. The molecule has 0 saturated carbocycles. The second-order valence-electron chi connectivity index (χ2n) is 6.48. The first-order valence-corrected chi connectivity index (χ1v) is 8.66. The summed E-state index contributed by atoms with van der Waals surface area (Å²) < 4.78 is 14.1. The van der Waals surface area contributed by atoms with Crippen molar-refractivity contribution in [3.63, 3.8) is 0 Å². The van der Waals surface area contributed by atoms with E-state index in [0.29, 0.717) is 17.2 Å². The monoisotopic (exact) mass is 395 g/mol. The summed E-state index contributed by atoms with van der Waals surface area (Å²) >= 11 is 0. The fourth-order valence-corrected chi connectivity index (χ4v) is 3.16. The van der Waals surface area contributed by atoms with Gasteiger partial charge in [-0.05, 0) is 31.6 Å². The van der Waals surface area contributed by atoms with Crippen molar-refractivity contribution in [2.75, 3.05) is 0 Å². The zero-order chi connectivity index (χ0) is 21.1. The largest absolute Gasteiger partial charge is 0.353 e. The van der Waals surface area contributed by atoms with Crippen LogP contribution in [0.3, 0.4) is 0 Å². The molecule has 2 aliphatic heterocycles. The van der Waals surface area contributed by atoms with Crippen LogP contribution in [0, 0.1) is 34.5 Å². The highest BCUT2D eigenvalue weighted by molar-refractivity contribution is 6.03. The maximum atomic E-state index is 14.1. The van der Waals surface area contributed by atoms with Crippen LogP contribution in [0.25, 0.3) is 0 Å². The van der Waals surface area contributed by atoms with Gasteiger partial charge in [0.15, 0.2) is 0 Å². The first-order valence-electron chi connectivity index (χ1n) is 8.66. The molecule has 1 aromatic rings. The van der Waals surface area contributed by atoms with Gasteiger partial charge < -0.3 is 16.0 Å².